The van der Waals surface area contributed by atoms with Crippen LogP contribution in [0.4, 0.5) is 0 Å². The molecule has 0 heterocycles. The van der Waals surface area contributed by atoms with E-state index in [0.717, 1.165) is 83.5 Å². The molecule has 374 valence electrons. The molecule has 0 fully saturated rings. The first-order valence-corrected chi connectivity index (χ1v) is 28.0. The molecule has 6 nitrogen and oxygen atoms in total. The van der Waals surface area contributed by atoms with E-state index < -0.39 is 6.10 Å². The van der Waals surface area contributed by atoms with E-state index in [4.69, 9.17) is 14.2 Å². The third-order valence-electron chi connectivity index (χ3n) is 12.4. The number of esters is 3. The fourth-order valence-electron chi connectivity index (χ4n) is 8.16. The quantitative estimate of drug-likeness (QED) is 0.0262. The van der Waals surface area contributed by atoms with Gasteiger partial charge < -0.3 is 14.2 Å². The summed E-state index contributed by atoms with van der Waals surface area (Å²) in [5, 5.41) is 0. The van der Waals surface area contributed by atoms with Crippen molar-refractivity contribution in [2.75, 3.05) is 13.2 Å². The molecule has 0 aliphatic heterocycles. The molecule has 0 amide bonds. The Kier molecular flexibility index (Phi) is 51.3. The Morgan fingerprint density at radius 3 is 0.875 bits per heavy atom. The van der Waals surface area contributed by atoms with Crippen molar-refractivity contribution in [2.45, 2.75) is 303 Å². The fraction of sp³-hybridized carbons (Fsp3) is 0.845. The smallest absolute Gasteiger partial charge is 0.306 e. The Balaban J connectivity index is 4.10. The Labute approximate surface area is 397 Å². The highest BCUT2D eigenvalue weighted by Gasteiger charge is 2.19. The summed E-state index contributed by atoms with van der Waals surface area (Å²) >= 11 is 0. The summed E-state index contributed by atoms with van der Waals surface area (Å²) in [5.41, 5.74) is 0. The van der Waals surface area contributed by atoms with Crippen molar-refractivity contribution in [3.63, 3.8) is 0 Å². The van der Waals surface area contributed by atoms with Crippen LogP contribution >= 0.6 is 0 Å². The van der Waals surface area contributed by atoms with Crippen molar-refractivity contribution in [3.8, 4) is 0 Å². The largest absolute Gasteiger partial charge is 0.462 e. The molecule has 0 radical (unpaired) electrons. The molecule has 1 unspecified atom stereocenters. The number of hydrogen-bond donors (Lipinski definition) is 0. The van der Waals surface area contributed by atoms with Gasteiger partial charge in [-0.2, -0.15) is 0 Å². The number of allylic oxidation sites excluding steroid dienone is 6. The van der Waals surface area contributed by atoms with Crippen LogP contribution in [0.3, 0.4) is 0 Å². The van der Waals surface area contributed by atoms with Crippen LogP contribution < -0.4 is 0 Å². The zero-order chi connectivity index (χ0) is 46.5. The van der Waals surface area contributed by atoms with Crippen LogP contribution in [0.5, 0.6) is 0 Å². The maximum atomic E-state index is 12.8. The standard InChI is InChI=1S/C58H106O6/c1-4-7-10-13-15-17-19-21-23-25-27-28-29-30-31-33-34-36-38-40-42-45-48-51-57(60)63-54-55(53-62-56(59)50-47-44-12-9-6-3)64-58(61)52-49-46-43-41-39-37-35-32-26-24-22-20-18-16-14-11-8-5-2/h19,21,25,27,29-30,55H,4-18,20,22-24,26,28,31-54H2,1-3H3/b21-19-,27-25-,30-29-. The number of carbonyl (C=O) groups excluding carboxylic acids is 3. The van der Waals surface area contributed by atoms with Crippen molar-refractivity contribution in [1.82, 2.24) is 0 Å². The van der Waals surface area contributed by atoms with E-state index >= 15 is 0 Å². The Hall–Kier alpha value is -2.37. The van der Waals surface area contributed by atoms with E-state index in [0.29, 0.717) is 19.3 Å². The molecule has 0 rings (SSSR count). The second-order valence-corrected chi connectivity index (χ2v) is 18.9. The zero-order valence-electron chi connectivity index (χ0n) is 42.8. The van der Waals surface area contributed by atoms with Crippen LogP contribution in [0.1, 0.15) is 297 Å². The second-order valence-electron chi connectivity index (χ2n) is 18.9. The molecule has 0 spiro atoms. The van der Waals surface area contributed by atoms with E-state index in [1.165, 1.54) is 173 Å². The van der Waals surface area contributed by atoms with Crippen LogP contribution in [0, 0.1) is 0 Å². The zero-order valence-corrected chi connectivity index (χ0v) is 42.8. The van der Waals surface area contributed by atoms with Crippen LogP contribution in [0.2, 0.25) is 0 Å². The highest BCUT2D eigenvalue weighted by Crippen LogP contribution is 2.16. The maximum absolute atomic E-state index is 12.8. The third kappa shape index (κ3) is 50.6. The Morgan fingerprint density at radius 2 is 0.562 bits per heavy atom. The first-order valence-electron chi connectivity index (χ1n) is 28.0. The number of carbonyl (C=O) groups is 3. The molecule has 6 heteroatoms. The molecule has 0 aliphatic carbocycles. The van der Waals surface area contributed by atoms with Crippen LogP contribution in [-0.2, 0) is 28.6 Å². The van der Waals surface area contributed by atoms with Gasteiger partial charge in [-0.3, -0.25) is 14.4 Å². The highest BCUT2D eigenvalue weighted by molar-refractivity contribution is 5.71. The minimum absolute atomic E-state index is 0.0724. The van der Waals surface area contributed by atoms with Gasteiger partial charge in [0.2, 0.25) is 0 Å². The van der Waals surface area contributed by atoms with Crippen LogP contribution in [0.25, 0.3) is 0 Å². The van der Waals surface area contributed by atoms with Gasteiger partial charge >= 0.3 is 17.9 Å². The summed E-state index contributed by atoms with van der Waals surface area (Å²) in [4.78, 5) is 37.7. The van der Waals surface area contributed by atoms with E-state index in [1.807, 2.05) is 0 Å². The topological polar surface area (TPSA) is 78.9 Å². The molecular weight excluding hydrogens is 793 g/mol. The average Bonchev–Trinajstić information content (AvgIpc) is 3.29. The van der Waals surface area contributed by atoms with Gasteiger partial charge in [0.1, 0.15) is 13.2 Å². The molecule has 1 atom stereocenters. The van der Waals surface area contributed by atoms with Gasteiger partial charge in [0.15, 0.2) is 6.10 Å². The molecule has 0 saturated carbocycles. The average molecular weight is 899 g/mol. The van der Waals surface area contributed by atoms with Crippen molar-refractivity contribution < 1.29 is 28.6 Å². The molecule has 0 aliphatic rings. The lowest BCUT2D eigenvalue weighted by molar-refractivity contribution is -0.167. The monoisotopic (exact) mass is 899 g/mol. The minimum Gasteiger partial charge on any atom is -0.462 e. The summed E-state index contributed by atoms with van der Waals surface area (Å²) < 4.78 is 16.7. The van der Waals surface area contributed by atoms with Crippen LogP contribution in [0.15, 0.2) is 36.5 Å². The third-order valence-corrected chi connectivity index (χ3v) is 12.4. The van der Waals surface area contributed by atoms with E-state index in [-0.39, 0.29) is 31.1 Å². The number of unbranched alkanes of at least 4 members (excludes halogenated alkanes) is 34. The van der Waals surface area contributed by atoms with Crippen molar-refractivity contribution >= 4 is 17.9 Å². The molecule has 0 aromatic heterocycles. The van der Waals surface area contributed by atoms with Gasteiger partial charge in [0, 0.05) is 19.3 Å². The van der Waals surface area contributed by atoms with Crippen molar-refractivity contribution in [2.24, 2.45) is 0 Å². The molecule has 0 saturated heterocycles. The Morgan fingerprint density at radius 1 is 0.312 bits per heavy atom. The molecule has 64 heavy (non-hydrogen) atoms. The van der Waals surface area contributed by atoms with E-state index in [9.17, 15) is 14.4 Å². The SMILES string of the molecule is CCCCCCC/C=C\C/C=C\C/C=C\CCCCCCCCCCC(=O)OCC(COC(=O)CCCCCCC)OC(=O)CCCCCCCCCCCCCCCCCCCC. The van der Waals surface area contributed by atoms with Gasteiger partial charge in [-0.1, -0.05) is 256 Å². The summed E-state index contributed by atoms with van der Waals surface area (Å²) in [7, 11) is 0. The number of ether oxygens (including phenoxy) is 3. The highest BCUT2D eigenvalue weighted by atomic mass is 16.6. The number of rotatable bonds is 51. The summed E-state index contributed by atoms with van der Waals surface area (Å²) in [6.07, 6.45) is 63.2. The first-order chi connectivity index (χ1) is 31.5. The molecular formula is C58H106O6. The maximum Gasteiger partial charge on any atom is 0.306 e. The summed E-state index contributed by atoms with van der Waals surface area (Å²) in [5.74, 6) is -0.879. The predicted octanol–water partition coefficient (Wildman–Crippen LogP) is 18.5. The molecule has 0 N–H and O–H groups in total. The lowest BCUT2D eigenvalue weighted by Gasteiger charge is -2.18. The second kappa shape index (κ2) is 53.2. The van der Waals surface area contributed by atoms with Gasteiger partial charge in [-0.05, 0) is 57.8 Å². The summed E-state index contributed by atoms with van der Waals surface area (Å²) in [6, 6.07) is 0. The van der Waals surface area contributed by atoms with E-state index in [1.54, 1.807) is 0 Å². The van der Waals surface area contributed by atoms with Crippen molar-refractivity contribution in [1.29, 1.82) is 0 Å². The van der Waals surface area contributed by atoms with Gasteiger partial charge in [-0.15, -0.1) is 0 Å². The van der Waals surface area contributed by atoms with E-state index in [2.05, 4.69) is 57.2 Å². The predicted molar refractivity (Wildman–Crippen MR) is 275 cm³/mol. The van der Waals surface area contributed by atoms with Crippen molar-refractivity contribution in [3.05, 3.63) is 36.5 Å². The minimum atomic E-state index is -0.768. The first kappa shape index (κ1) is 61.6. The molecule has 0 bridgehead atoms. The van der Waals surface area contributed by atoms with Gasteiger partial charge in [-0.25, -0.2) is 0 Å². The fourth-order valence-corrected chi connectivity index (χ4v) is 8.16. The lowest BCUT2D eigenvalue weighted by Crippen LogP contribution is -2.30. The van der Waals surface area contributed by atoms with Gasteiger partial charge in [0.25, 0.3) is 0 Å². The van der Waals surface area contributed by atoms with Crippen LogP contribution in [-0.4, -0.2) is 37.2 Å². The molecule has 0 aromatic rings. The normalized spacial score (nSPS) is 12.2. The summed E-state index contributed by atoms with van der Waals surface area (Å²) in [6.45, 7) is 6.57. The number of hydrogen-bond acceptors (Lipinski definition) is 6. The Bertz CT molecular complexity index is 1080. The lowest BCUT2D eigenvalue weighted by atomic mass is 10.0. The molecule has 0 aromatic carbocycles. The van der Waals surface area contributed by atoms with Gasteiger partial charge in [0.05, 0.1) is 0 Å².